The summed E-state index contributed by atoms with van der Waals surface area (Å²) < 4.78 is 21.5. The van der Waals surface area contributed by atoms with Crippen LogP contribution in [0.15, 0.2) is 30.3 Å². The number of rotatable bonds is 14. The molecule has 8 heteroatoms. The third kappa shape index (κ3) is 14.3. The largest absolute Gasteiger partial charge is 0.445 e. The molecule has 0 unspecified atom stereocenters. The van der Waals surface area contributed by atoms with Crippen molar-refractivity contribution >= 4 is 12.2 Å². The van der Waals surface area contributed by atoms with E-state index >= 15 is 0 Å². The molecule has 0 saturated carbocycles. The average Bonchev–Trinajstić information content (AvgIpc) is 2.72. The first-order valence-corrected chi connectivity index (χ1v) is 10.9. The molecule has 0 aliphatic carbocycles. The normalized spacial score (nSPS) is 11.1. The van der Waals surface area contributed by atoms with Gasteiger partial charge in [0.15, 0.2) is 0 Å². The Morgan fingerprint density at radius 1 is 0.968 bits per heavy atom. The van der Waals surface area contributed by atoms with E-state index in [4.69, 9.17) is 18.9 Å². The Morgan fingerprint density at radius 3 is 2.29 bits per heavy atom. The number of amides is 2. The van der Waals surface area contributed by atoms with E-state index in [0.29, 0.717) is 46.1 Å². The zero-order valence-corrected chi connectivity index (χ0v) is 19.4. The summed E-state index contributed by atoms with van der Waals surface area (Å²) in [6.45, 7) is 11.2. The lowest BCUT2D eigenvalue weighted by Gasteiger charge is -2.21. The van der Waals surface area contributed by atoms with E-state index < -0.39 is 11.7 Å². The van der Waals surface area contributed by atoms with Crippen molar-refractivity contribution in [2.45, 2.75) is 52.7 Å². The molecule has 0 atom stereocenters. The van der Waals surface area contributed by atoms with E-state index in [1.165, 1.54) is 0 Å². The summed E-state index contributed by atoms with van der Waals surface area (Å²) in [5, 5.41) is 2.63. The van der Waals surface area contributed by atoms with Crippen molar-refractivity contribution in [2.24, 2.45) is 0 Å². The molecular formula is C23H38N2O6. The Hall–Kier alpha value is -2.32. The third-order valence-electron chi connectivity index (χ3n) is 3.96. The van der Waals surface area contributed by atoms with Crippen LogP contribution in [0.4, 0.5) is 9.59 Å². The fraction of sp³-hybridized carbons (Fsp3) is 0.652. The average molecular weight is 439 g/mol. The molecule has 0 spiro atoms. The van der Waals surface area contributed by atoms with Crippen molar-refractivity contribution in [2.75, 3.05) is 46.1 Å². The highest BCUT2D eigenvalue weighted by molar-refractivity contribution is 5.67. The van der Waals surface area contributed by atoms with Gasteiger partial charge in [0.2, 0.25) is 0 Å². The van der Waals surface area contributed by atoms with Gasteiger partial charge in [-0.1, -0.05) is 37.3 Å². The van der Waals surface area contributed by atoms with E-state index in [-0.39, 0.29) is 12.7 Å². The topological polar surface area (TPSA) is 86.3 Å². The van der Waals surface area contributed by atoms with Crippen molar-refractivity contribution in [3.8, 4) is 0 Å². The highest BCUT2D eigenvalue weighted by Gasteiger charge is 2.15. The molecule has 1 rings (SSSR count). The van der Waals surface area contributed by atoms with Crippen LogP contribution in [-0.2, 0) is 25.6 Å². The van der Waals surface area contributed by atoms with Crippen molar-refractivity contribution in [3.63, 3.8) is 0 Å². The molecule has 1 aromatic carbocycles. The van der Waals surface area contributed by atoms with Crippen LogP contribution in [0, 0.1) is 0 Å². The van der Waals surface area contributed by atoms with Gasteiger partial charge in [-0.3, -0.25) is 0 Å². The van der Waals surface area contributed by atoms with Gasteiger partial charge in [-0.15, -0.1) is 0 Å². The first kappa shape index (κ1) is 26.7. The second-order valence-electron chi connectivity index (χ2n) is 8.03. The number of benzene rings is 1. The maximum Gasteiger partial charge on any atom is 0.410 e. The van der Waals surface area contributed by atoms with Gasteiger partial charge < -0.3 is 29.2 Å². The molecule has 0 saturated heterocycles. The number of nitrogens with one attached hydrogen (secondary N) is 1. The first-order valence-electron chi connectivity index (χ1n) is 10.9. The lowest BCUT2D eigenvalue weighted by atomic mass is 10.2. The van der Waals surface area contributed by atoms with E-state index in [9.17, 15) is 9.59 Å². The van der Waals surface area contributed by atoms with Crippen LogP contribution in [0.1, 0.15) is 46.1 Å². The Morgan fingerprint density at radius 2 is 1.65 bits per heavy atom. The second kappa shape index (κ2) is 15.5. The van der Waals surface area contributed by atoms with Gasteiger partial charge in [-0.05, 0) is 39.2 Å². The Labute approximate surface area is 186 Å². The molecule has 1 aromatic rings. The molecule has 2 amide bonds. The van der Waals surface area contributed by atoms with E-state index in [1.807, 2.05) is 58.0 Å². The zero-order valence-electron chi connectivity index (χ0n) is 19.4. The number of hydrogen-bond acceptors (Lipinski definition) is 6. The zero-order chi connectivity index (χ0) is 23.0. The highest BCUT2D eigenvalue weighted by Crippen LogP contribution is 2.06. The van der Waals surface area contributed by atoms with Gasteiger partial charge in [0.25, 0.3) is 0 Å². The standard InChI is InChI=1S/C23H38N2O6/c1-5-13-25(22(27)30-19-20-10-7-6-8-11-20)14-9-15-28-17-18-29-16-12-24-21(26)31-23(2,3)4/h6-8,10-11H,5,9,12-19H2,1-4H3,(H,24,26). The lowest BCUT2D eigenvalue weighted by Crippen LogP contribution is -2.34. The van der Waals surface area contributed by atoms with Crippen molar-refractivity contribution in [1.29, 1.82) is 0 Å². The summed E-state index contributed by atoms with van der Waals surface area (Å²) in [5.74, 6) is 0. The van der Waals surface area contributed by atoms with Crippen molar-refractivity contribution in [1.82, 2.24) is 10.2 Å². The van der Waals surface area contributed by atoms with Crippen LogP contribution in [-0.4, -0.2) is 68.7 Å². The van der Waals surface area contributed by atoms with Gasteiger partial charge in [0, 0.05) is 26.2 Å². The highest BCUT2D eigenvalue weighted by atomic mass is 16.6. The SMILES string of the molecule is CCCN(CCCOCCOCCNC(=O)OC(C)(C)C)C(=O)OCc1ccccc1. The molecule has 8 nitrogen and oxygen atoms in total. The Bertz CT molecular complexity index is 618. The summed E-state index contributed by atoms with van der Waals surface area (Å²) in [5.41, 5.74) is 0.460. The summed E-state index contributed by atoms with van der Waals surface area (Å²) >= 11 is 0. The van der Waals surface area contributed by atoms with Crippen LogP contribution >= 0.6 is 0 Å². The number of carbonyl (C=O) groups is 2. The summed E-state index contributed by atoms with van der Waals surface area (Å²) in [6, 6.07) is 9.64. The second-order valence-corrected chi connectivity index (χ2v) is 8.03. The minimum atomic E-state index is -0.510. The maximum atomic E-state index is 12.3. The lowest BCUT2D eigenvalue weighted by molar-refractivity contribution is 0.0374. The van der Waals surface area contributed by atoms with Crippen LogP contribution in [0.3, 0.4) is 0 Å². The van der Waals surface area contributed by atoms with Crippen LogP contribution in [0.2, 0.25) is 0 Å². The molecule has 0 radical (unpaired) electrons. The van der Waals surface area contributed by atoms with Gasteiger partial charge in [0.1, 0.15) is 12.2 Å². The molecule has 0 bridgehead atoms. The van der Waals surface area contributed by atoms with E-state index in [0.717, 1.165) is 18.4 Å². The predicted octanol–water partition coefficient (Wildman–Crippen LogP) is 3.98. The van der Waals surface area contributed by atoms with Gasteiger partial charge in [-0.25, -0.2) is 9.59 Å². The fourth-order valence-corrected chi connectivity index (χ4v) is 2.59. The number of hydrogen-bond donors (Lipinski definition) is 1. The van der Waals surface area contributed by atoms with E-state index in [1.54, 1.807) is 4.90 Å². The molecule has 0 aliphatic rings. The Balaban J connectivity index is 2.06. The van der Waals surface area contributed by atoms with Gasteiger partial charge >= 0.3 is 12.2 Å². The quantitative estimate of drug-likeness (QED) is 0.442. The first-order chi connectivity index (χ1) is 14.8. The molecule has 0 aromatic heterocycles. The van der Waals surface area contributed by atoms with E-state index in [2.05, 4.69) is 5.32 Å². The summed E-state index contributed by atoms with van der Waals surface area (Å²) in [4.78, 5) is 25.5. The number of alkyl carbamates (subject to hydrolysis) is 1. The minimum absolute atomic E-state index is 0.274. The summed E-state index contributed by atoms with van der Waals surface area (Å²) in [6.07, 6.45) is 0.838. The third-order valence-corrected chi connectivity index (χ3v) is 3.96. The Kier molecular flexibility index (Phi) is 13.3. The smallest absolute Gasteiger partial charge is 0.410 e. The molecule has 176 valence electrons. The number of nitrogens with zero attached hydrogens (tertiary/aromatic N) is 1. The molecule has 0 fully saturated rings. The van der Waals surface area contributed by atoms with Crippen molar-refractivity contribution in [3.05, 3.63) is 35.9 Å². The van der Waals surface area contributed by atoms with Crippen LogP contribution in [0.5, 0.6) is 0 Å². The van der Waals surface area contributed by atoms with Crippen LogP contribution in [0.25, 0.3) is 0 Å². The molecule has 0 aliphatic heterocycles. The fourth-order valence-electron chi connectivity index (χ4n) is 2.59. The molecular weight excluding hydrogens is 400 g/mol. The number of carbonyl (C=O) groups excluding carboxylic acids is 2. The summed E-state index contributed by atoms with van der Waals surface area (Å²) in [7, 11) is 0. The maximum absolute atomic E-state index is 12.3. The minimum Gasteiger partial charge on any atom is -0.445 e. The molecule has 31 heavy (non-hydrogen) atoms. The number of ether oxygens (including phenoxy) is 4. The molecule has 0 heterocycles. The monoisotopic (exact) mass is 438 g/mol. The van der Waals surface area contributed by atoms with Gasteiger partial charge in [0.05, 0.1) is 19.8 Å². The molecule has 1 N–H and O–H groups in total. The van der Waals surface area contributed by atoms with Gasteiger partial charge in [-0.2, -0.15) is 0 Å². The predicted molar refractivity (Wildman–Crippen MR) is 119 cm³/mol. The van der Waals surface area contributed by atoms with Crippen LogP contribution < -0.4 is 5.32 Å². The van der Waals surface area contributed by atoms with Crippen molar-refractivity contribution < 1.29 is 28.5 Å².